The number of para-hydroxylation sites is 9. The third-order valence-electron chi connectivity index (χ3n) is 29.3. The number of nitriles is 6. The maximum Gasteiger partial charge on any atom is 0.145 e. The van der Waals surface area contributed by atoms with Crippen molar-refractivity contribution >= 4 is 206 Å². The van der Waals surface area contributed by atoms with Gasteiger partial charge in [-0.1, -0.05) is 212 Å². The Balaban J connectivity index is 0.000000107. The van der Waals surface area contributed by atoms with Gasteiger partial charge in [0.05, 0.1) is 158 Å². The van der Waals surface area contributed by atoms with Gasteiger partial charge in [-0.05, 0) is 241 Å². The molecule has 0 N–H and O–H groups in total. The van der Waals surface area contributed by atoms with Gasteiger partial charge in [0, 0.05) is 129 Å². The molecule has 0 bridgehead atoms. The molecule has 9 aromatic heterocycles. The first-order chi connectivity index (χ1) is 72.7. The summed E-state index contributed by atoms with van der Waals surface area (Å²) in [6.45, 7) is 0. The summed E-state index contributed by atoms with van der Waals surface area (Å²) in [5.74, 6) is 0. The Labute approximate surface area is 842 Å². The van der Waals surface area contributed by atoms with Crippen molar-refractivity contribution in [1.29, 1.82) is 31.6 Å². The van der Waals surface area contributed by atoms with E-state index < -0.39 is 0 Å². The molecule has 0 saturated heterocycles. The number of rotatable bonds is 9. The molecule has 0 amide bonds. The van der Waals surface area contributed by atoms with Crippen LogP contribution in [0.5, 0.6) is 0 Å². The Kier molecular flexibility index (Phi) is 19.2. The van der Waals surface area contributed by atoms with Crippen molar-refractivity contribution < 1.29 is 8.83 Å². The Hall–Kier alpha value is -20.8. The summed E-state index contributed by atoms with van der Waals surface area (Å²) in [6, 6.07) is 164. The van der Waals surface area contributed by atoms with Crippen molar-refractivity contribution in [2.75, 3.05) is 0 Å². The minimum absolute atomic E-state index is 0.566. The molecule has 0 aliphatic heterocycles. The zero-order valence-corrected chi connectivity index (χ0v) is 79.0. The Morgan fingerprint density at radius 3 is 1.07 bits per heavy atom. The van der Waals surface area contributed by atoms with Gasteiger partial charge >= 0.3 is 0 Å². The minimum Gasteiger partial charge on any atom is -0.455 e. The fraction of sp³-hybridized carbons (Fsp3) is 0. The highest BCUT2D eigenvalue weighted by atomic mass is 32.1. The number of hydrogen-bond acceptors (Lipinski definition) is 9. The van der Waals surface area contributed by atoms with Crippen LogP contribution < -0.4 is 0 Å². The van der Waals surface area contributed by atoms with Gasteiger partial charge in [0.15, 0.2) is 0 Å². The SMILES string of the molecule is N#Cc1ccc(-c2ccc3c(c2)c2c4oc5ccccc5c4ccc2n3-c2ccccc2)c(-n2c3ccccc3c3cc(C#N)ccc32)c1.N#Cc1ccc2c(c1)c1ccccc1n2-c1c(C#N)cccc1-c1ccc2c(c1)c1c3oc4ccccc4c3ccc1n2-c1ccccc1.N#Cc1ccc2c(c1)c1ccccc1n2-c1cccc(C#N)c1-c1ccc2c(c1)c1c3sc4ccccc4c3ccc1n2-c1ccccc1. The number of nitrogens with zero attached hydrogens (tertiary/aromatic N) is 12. The second kappa shape index (κ2) is 33.5. The van der Waals surface area contributed by atoms with Crippen LogP contribution in [0.25, 0.3) is 262 Å². The lowest BCUT2D eigenvalue weighted by Gasteiger charge is -2.16. The van der Waals surface area contributed by atoms with Gasteiger partial charge in [0.25, 0.3) is 0 Å². The van der Waals surface area contributed by atoms with Crippen LogP contribution in [0.3, 0.4) is 0 Å². The van der Waals surface area contributed by atoms with E-state index in [1.807, 2.05) is 187 Å². The predicted molar refractivity (Wildman–Crippen MR) is 597 cm³/mol. The van der Waals surface area contributed by atoms with Gasteiger partial charge in [-0.2, -0.15) is 31.6 Å². The standard InChI is InChI=1S/2C44H24N4O.C44H24N4S/c45-25-27-17-20-38-35(23-27)32-12-4-6-15-37(32)48(38)43-29(26-46)9-8-14-31(43)28-18-21-39-36(24-28)42-40(47(39)30-10-2-1-3-11-30)22-19-34-33-13-5-7-16-41(33)49-44(34)42;45-25-27-15-19-38-35(22-27)32-10-4-6-12-37(32)48(38)41-23-28(26-46)14-17-31(41)29-16-20-39-36(24-29)43-40(47(39)30-8-2-1-3-9-30)21-18-34-33-11-5-7-13-42(33)49-44(34)43;45-25-27-17-20-37-34(23-27)31-12-4-6-14-36(31)48(37)39-15-8-9-29(26-46)42(39)28-18-21-38-35(24-28)43-40(47(38)30-10-2-1-3-11-30)22-19-33-32-13-5-7-16-41(32)49-44(33)43/h3*1-24H. The van der Waals surface area contributed by atoms with Crippen molar-refractivity contribution in [2.24, 2.45) is 0 Å². The number of furan rings is 2. The van der Waals surface area contributed by atoms with E-state index in [-0.39, 0.29) is 0 Å². The molecule has 21 aromatic carbocycles. The monoisotopic (exact) mass is 1890 g/mol. The summed E-state index contributed by atoms with van der Waals surface area (Å²) in [6.07, 6.45) is 0. The molecule has 0 unspecified atom stereocenters. The number of hydrogen-bond donors (Lipinski definition) is 0. The average Bonchev–Trinajstić information content (AvgIpc) is 1.56. The molecular weight excluding hydrogens is 1820 g/mol. The quantitative estimate of drug-likeness (QED) is 0.136. The minimum atomic E-state index is 0.566. The van der Waals surface area contributed by atoms with Crippen LogP contribution in [-0.2, 0) is 0 Å². The lowest BCUT2D eigenvalue weighted by atomic mass is 9.96. The van der Waals surface area contributed by atoms with Crippen LogP contribution in [0, 0.1) is 68.0 Å². The third kappa shape index (κ3) is 12.9. The summed E-state index contributed by atoms with van der Waals surface area (Å²) in [4.78, 5) is 0. The van der Waals surface area contributed by atoms with Crippen molar-refractivity contribution in [2.45, 2.75) is 0 Å². The lowest BCUT2D eigenvalue weighted by molar-refractivity contribution is 0.672. The molecule has 0 fully saturated rings. The zero-order chi connectivity index (χ0) is 97.9. The van der Waals surface area contributed by atoms with Gasteiger partial charge in [-0.3, -0.25) is 0 Å². The molecule has 678 valence electrons. The van der Waals surface area contributed by atoms with Gasteiger partial charge in [-0.25, -0.2) is 0 Å². The molecule has 0 radical (unpaired) electrons. The molecule has 147 heavy (non-hydrogen) atoms. The van der Waals surface area contributed by atoms with E-state index in [0.29, 0.717) is 33.4 Å². The lowest BCUT2D eigenvalue weighted by Crippen LogP contribution is -2.01. The number of benzene rings is 21. The van der Waals surface area contributed by atoms with Gasteiger partial charge < -0.3 is 36.2 Å². The number of aromatic nitrogens is 6. The van der Waals surface area contributed by atoms with E-state index in [2.05, 4.69) is 325 Å². The van der Waals surface area contributed by atoms with Crippen molar-refractivity contribution in [1.82, 2.24) is 27.4 Å². The summed E-state index contributed by atoms with van der Waals surface area (Å²) >= 11 is 1.84. The topological polar surface area (TPSA) is 199 Å². The van der Waals surface area contributed by atoms with Gasteiger partial charge in [0.2, 0.25) is 0 Å². The third-order valence-corrected chi connectivity index (χ3v) is 30.5. The van der Waals surface area contributed by atoms with Gasteiger partial charge in [0.1, 0.15) is 28.4 Å². The molecule has 0 saturated carbocycles. The normalized spacial score (nSPS) is 11.6. The smallest absolute Gasteiger partial charge is 0.145 e. The van der Waals surface area contributed by atoms with Crippen LogP contribution in [0.4, 0.5) is 0 Å². The molecule has 30 rings (SSSR count). The molecule has 0 aliphatic carbocycles. The van der Waals surface area contributed by atoms with E-state index in [4.69, 9.17) is 8.83 Å². The second-order valence-corrected chi connectivity index (χ2v) is 38.1. The summed E-state index contributed by atoms with van der Waals surface area (Å²) in [7, 11) is 0. The zero-order valence-electron chi connectivity index (χ0n) is 78.2. The largest absolute Gasteiger partial charge is 0.455 e. The van der Waals surface area contributed by atoms with Crippen molar-refractivity contribution in [3.8, 4) is 104 Å². The van der Waals surface area contributed by atoms with Crippen molar-refractivity contribution in [3.05, 3.63) is 470 Å². The molecule has 0 spiro atoms. The van der Waals surface area contributed by atoms with Crippen LogP contribution >= 0.6 is 11.3 Å². The first-order valence-corrected chi connectivity index (χ1v) is 49.2. The molecule has 30 aromatic rings. The maximum atomic E-state index is 10.6. The number of thiophene rings is 1. The van der Waals surface area contributed by atoms with Crippen LogP contribution in [0.2, 0.25) is 0 Å². The average molecular weight is 1890 g/mol. The van der Waals surface area contributed by atoms with Crippen LogP contribution in [0.15, 0.2) is 446 Å². The molecule has 9 heterocycles. The molecule has 0 aliphatic rings. The van der Waals surface area contributed by atoms with Crippen LogP contribution in [-0.4, -0.2) is 27.4 Å². The molecule has 0 atom stereocenters. The molecular formula is C132H72N12O2S. The fourth-order valence-corrected chi connectivity index (χ4v) is 24.3. The Bertz CT molecular complexity index is 11100. The fourth-order valence-electron chi connectivity index (χ4n) is 23.1. The highest BCUT2D eigenvalue weighted by Gasteiger charge is 2.29. The highest BCUT2D eigenvalue weighted by Crippen LogP contribution is 2.51. The number of fused-ring (bicyclic) bond motifs is 30. The second-order valence-electron chi connectivity index (χ2n) is 37.1. The van der Waals surface area contributed by atoms with E-state index in [1.54, 1.807) is 0 Å². The molecule has 14 nitrogen and oxygen atoms in total. The van der Waals surface area contributed by atoms with Crippen molar-refractivity contribution in [3.63, 3.8) is 0 Å². The maximum absolute atomic E-state index is 10.6. The Morgan fingerprint density at radius 2 is 0.565 bits per heavy atom. The first-order valence-electron chi connectivity index (χ1n) is 48.4. The molecule has 15 heteroatoms. The summed E-state index contributed by atoms with van der Waals surface area (Å²) in [5.41, 5.74) is 31.1. The van der Waals surface area contributed by atoms with Crippen LogP contribution in [0.1, 0.15) is 33.4 Å². The van der Waals surface area contributed by atoms with E-state index in [9.17, 15) is 31.6 Å². The summed E-state index contributed by atoms with van der Waals surface area (Å²) < 4.78 is 29.4. The van der Waals surface area contributed by atoms with E-state index in [0.717, 1.165) is 237 Å². The van der Waals surface area contributed by atoms with E-state index in [1.165, 1.54) is 25.6 Å². The summed E-state index contributed by atoms with van der Waals surface area (Å²) in [5, 5.41) is 79.8. The van der Waals surface area contributed by atoms with Gasteiger partial charge in [-0.15, -0.1) is 11.3 Å². The predicted octanol–water partition coefficient (Wildman–Crippen LogP) is 34.0. The van der Waals surface area contributed by atoms with E-state index >= 15 is 0 Å². The first kappa shape index (κ1) is 84.3. The highest BCUT2D eigenvalue weighted by molar-refractivity contribution is 7.26. The Morgan fingerprint density at radius 1 is 0.204 bits per heavy atom.